The summed E-state index contributed by atoms with van der Waals surface area (Å²) in [6.45, 7) is 1.93. The molecule has 0 radical (unpaired) electrons. The molecule has 22 heavy (non-hydrogen) atoms. The fourth-order valence-corrected chi connectivity index (χ4v) is 2.80. The molecule has 2 amide bonds. The van der Waals surface area contributed by atoms with Gasteiger partial charge in [0, 0.05) is 22.6 Å². The zero-order valence-electron chi connectivity index (χ0n) is 11.7. The van der Waals surface area contributed by atoms with E-state index in [0.717, 1.165) is 11.3 Å². The van der Waals surface area contributed by atoms with Crippen LogP contribution >= 0.6 is 11.3 Å². The standard InChI is InChI=1S/C14H13N3O4S/c1-2-10-7-11(12(15)18)14(22-10)16-13(19)8-3-5-9(6-4-8)17(20)21/h3-7H,2H2,1H3,(H2,15,18)(H,16,19). The number of hydrogen-bond acceptors (Lipinski definition) is 5. The smallest absolute Gasteiger partial charge is 0.269 e. The van der Waals surface area contributed by atoms with Crippen LogP contribution in [0, 0.1) is 10.1 Å². The molecule has 1 aromatic heterocycles. The fraction of sp³-hybridized carbons (Fsp3) is 0.143. The lowest BCUT2D eigenvalue weighted by atomic mass is 10.2. The number of nitro groups is 1. The summed E-state index contributed by atoms with van der Waals surface area (Å²) in [4.78, 5) is 34.5. The number of benzene rings is 1. The Hall–Kier alpha value is -2.74. The SMILES string of the molecule is CCc1cc(C(N)=O)c(NC(=O)c2ccc([N+](=O)[O-])cc2)s1. The Morgan fingerprint density at radius 1 is 1.32 bits per heavy atom. The number of carbonyl (C=O) groups excluding carboxylic acids is 2. The lowest BCUT2D eigenvalue weighted by Gasteiger charge is -2.04. The molecule has 1 heterocycles. The highest BCUT2D eigenvalue weighted by molar-refractivity contribution is 7.16. The molecule has 3 N–H and O–H groups in total. The van der Waals surface area contributed by atoms with E-state index in [1.54, 1.807) is 6.07 Å². The highest BCUT2D eigenvalue weighted by Gasteiger charge is 2.16. The van der Waals surface area contributed by atoms with E-state index < -0.39 is 16.7 Å². The molecular formula is C14H13N3O4S. The molecule has 8 heteroatoms. The maximum Gasteiger partial charge on any atom is 0.269 e. The number of amides is 2. The van der Waals surface area contributed by atoms with E-state index in [-0.39, 0.29) is 16.8 Å². The molecule has 0 saturated heterocycles. The Balaban J connectivity index is 2.23. The number of anilines is 1. The van der Waals surface area contributed by atoms with E-state index in [0.29, 0.717) is 5.00 Å². The molecule has 0 atom stereocenters. The van der Waals surface area contributed by atoms with Gasteiger partial charge in [0.05, 0.1) is 10.5 Å². The number of hydrogen-bond donors (Lipinski definition) is 2. The van der Waals surface area contributed by atoms with Crippen LogP contribution in [-0.2, 0) is 6.42 Å². The molecule has 0 saturated carbocycles. The van der Waals surface area contributed by atoms with E-state index in [1.807, 2.05) is 6.92 Å². The van der Waals surface area contributed by atoms with Crippen molar-refractivity contribution >= 4 is 33.8 Å². The fourth-order valence-electron chi connectivity index (χ4n) is 1.80. The normalized spacial score (nSPS) is 10.2. The van der Waals surface area contributed by atoms with Gasteiger partial charge in [-0.2, -0.15) is 0 Å². The van der Waals surface area contributed by atoms with Crippen molar-refractivity contribution in [3.8, 4) is 0 Å². The zero-order chi connectivity index (χ0) is 16.3. The van der Waals surface area contributed by atoms with Crippen LogP contribution < -0.4 is 11.1 Å². The molecule has 1 aromatic carbocycles. The van der Waals surface area contributed by atoms with Gasteiger partial charge >= 0.3 is 0 Å². The second-order valence-corrected chi connectivity index (χ2v) is 5.57. The molecular weight excluding hydrogens is 306 g/mol. The second kappa shape index (κ2) is 6.35. The van der Waals surface area contributed by atoms with E-state index in [1.165, 1.54) is 35.6 Å². The maximum absolute atomic E-state index is 12.1. The Kier molecular flexibility index (Phi) is 4.52. The summed E-state index contributed by atoms with van der Waals surface area (Å²) in [5.74, 6) is -1.07. The summed E-state index contributed by atoms with van der Waals surface area (Å²) in [7, 11) is 0. The third-order valence-electron chi connectivity index (χ3n) is 2.96. The average molecular weight is 319 g/mol. The quantitative estimate of drug-likeness (QED) is 0.650. The predicted octanol–water partition coefficient (Wildman–Crippen LogP) is 2.57. The van der Waals surface area contributed by atoms with Crippen LogP contribution in [0.2, 0.25) is 0 Å². The topological polar surface area (TPSA) is 115 Å². The first kappa shape index (κ1) is 15.6. The van der Waals surface area contributed by atoms with Crippen LogP contribution in [0.5, 0.6) is 0 Å². The number of nitrogens with one attached hydrogen (secondary N) is 1. The molecule has 2 aromatic rings. The van der Waals surface area contributed by atoms with E-state index in [9.17, 15) is 19.7 Å². The molecule has 2 rings (SSSR count). The average Bonchev–Trinajstić information content (AvgIpc) is 2.90. The van der Waals surface area contributed by atoms with Gasteiger partial charge in [-0.15, -0.1) is 11.3 Å². The van der Waals surface area contributed by atoms with Crippen LogP contribution in [0.1, 0.15) is 32.5 Å². The molecule has 0 bridgehead atoms. The monoisotopic (exact) mass is 319 g/mol. The lowest BCUT2D eigenvalue weighted by Crippen LogP contribution is -2.16. The van der Waals surface area contributed by atoms with Gasteiger partial charge in [0.15, 0.2) is 0 Å². The van der Waals surface area contributed by atoms with Gasteiger partial charge in [0.25, 0.3) is 17.5 Å². The van der Waals surface area contributed by atoms with Crippen LogP contribution in [0.25, 0.3) is 0 Å². The summed E-state index contributed by atoms with van der Waals surface area (Å²) >= 11 is 1.28. The van der Waals surface area contributed by atoms with Gasteiger partial charge in [-0.25, -0.2) is 0 Å². The molecule has 0 aliphatic carbocycles. The number of nitrogens with two attached hydrogens (primary N) is 1. The van der Waals surface area contributed by atoms with E-state index >= 15 is 0 Å². The lowest BCUT2D eigenvalue weighted by molar-refractivity contribution is -0.384. The predicted molar refractivity (Wildman–Crippen MR) is 83.3 cm³/mol. The number of carbonyl (C=O) groups is 2. The van der Waals surface area contributed by atoms with Crippen molar-refractivity contribution in [1.29, 1.82) is 0 Å². The summed E-state index contributed by atoms with van der Waals surface area (Å²) in [6, 6.07) is 6.85. The molecule has 0 aliphatic heterocycles. The first-order valence-corrected chi connectivity index (χ1v) is 7.22. The highest BCUT2D eigenvalue weighted by Crippen LogP contribution is 2.28. The number of non-ortho nitro benzene ring substituents is 1. The summed E-state index contributed by atoms with van der Waals surface area (Å²) in [5.41, 5.74) is 5.71. The first-order chi connectivity index (χ1) is 10.4. The van der Waals surface area contributed by atoms with Crippen molar-refractivity contribution in [3.63, 3.8) is 0 Å². The number of primary amides is 1. The Labute approximate surface area is 129 Å². The third-order valence-corrected chi connectivity index (χ3v) is 4.16. The molecule has 0 fully saturated rings. The Bertz CT molecular complexity index is 737. The van der Waals surface area contributed by atoms with Gasteiger partial charge in [-0.1, -0.05) is 6.92 Å². The molecule has 7 nitrogen and oxygen atoms in total. The number of nitrogens with zero attached hydrogens (tertiary/aromatic N) is 1. The van der Waals surface area contributed by atoms with Gasteiger partial charge in [-0.3, -0.25) is 19.7 Å². The maximum atomic E-state index is 12.1. The minimum atomic E-state index is -0.616. The molecule has 0 spiro atoms. The van der Waals surface area contributed by atoms with Crippen molar-refractivity contribution in [3.05, 3.63) is 56.5 Å². The molecule has 114 valence electrons. The largest absolute Gasteiger partial charge is 0.366 e. The van der Waals surface area contributed by atoms with E-state index in [2.05, 4.69) is 5.32 Å². The first-order valence-electron chi connectivity index (χ1n) is 6.40. The number of thiophene rings is 1. The molecule has 0 unspecified atom stereocenters. The van der Waals surface area contributed by atoms with Crippen LogP contribution in [0.15, 0.2) is 30.3 Å². The van der Waals surface area contributed by atoms with E-state index in [4.69, 9.17) is 5.73 Å². The van der Waals surface area contributed by atoms with Gasteiger partial charge in [0.2, 0.25) is 0 Å². The second-order valence-electron chi connectivity index (χ2n) is 4.43. The number of aryl methyl sites for hydroxylation is 1. The molecule has 0 aliphatic rings. The summed E-state index contributed by atoms with van der Waals surface area (Å²) in [6.07, 6.45) is 0.721. The minimum Gasteiger partial charge on any atom is -0.366 e. The number of rotatable bonds is 5. The highest BCUT2D eigenvalue weighted by atomic mass is 32.1. The van der Waals surface area contributed by atoms with Crippen molar-refractivity contribution < 1.29 is 14.5 Å². The van der Waals surface area contributed by atoms with Crippen molar-refractivity contribution in [2.45, 2.75) is 13.3 Å². The Morgan fingerprint density at radius 3 is 2.45 bits per heavy atom. The van der Waals surface area contributed by atoms with Gasteiger partial charge in [-0.05, 0) is 24.6 Å². The van der Waals surface area contributed by atoms with Crippen LogP contribution in [0.3, 0.4) is 0 Å². The van der Waals surface area contributed by atoms with Crippen molar-refractivity contribution in [2.24, 2.45) is 5.73 Å². The Morgan fingerprint density at radius 2 is 1.95 bits per heavy atom. The zero-order valence-corrected chi connectivity index (χ0v) is 12.5. The third kappa shape index (κ3) is 3.29. The summed E-state index contributed by atoms with van der Waals surface area (Å²) in [5, 5.41) is 13.6. The van der Waals surface area contributed by atoms with Gasteiger partial charge < -0.3 is 11.1 Å². The van der Waals surface area contributed by atoms with Crippen LogP contribution in [-0.4, -0.2) is 16.7 Å². The number of nitro benzene ring substituents is 1. The van der Waals surface area contributed by atoms with Crippen molar-refractivity contribution in [1.82, 2.24) is 0 Å². The minimum absolute atomic E-state index is 0.0984. The van der Waals surface area contributed by atoms with Gasteiger partial charge in [0.1, 0.15) is 5.00 Å². The van der Waals surface area contributed by atoms with Crippen molar-refractivity contribution in [2.75, 3.05) is 5.32 Å². The van der Waals surface area contributed by atoms with Crippen LogP contribution in [0.4, 0.5) is 10.7 Å². The summed E-state index contributed by atoms with van der Waals surface area (Å²) < 4.78 is 0.